The van der Waals surface area contributed by atoms with Gasteiger partial charge in [0.1, 0.15) is 17.6 Å². The number of carbonyl (C=O) groups excluding carboxylic acids is 5. The summed E-state index contributed by atoms with van der Waals surface area (Å²) >= 11 is 6.16. The molecule has 5 aliphatic heterocycles. The molecule has 0 radical (unpaired) electrons. The van der Waals surface area contributed by atoms with Crippen LogP contribution in [-0.4, -0.2) is 113 Å². The molecule has 2 saturated carbocycles. The van der Waals surface area contributed by atoms with Crippen molar-refractivity contribution < 1.29 is 33.1 Å². The fourth-order valence-electron chi connectivity index (χ4n) is 10.4. The molecule has 2 aromatic carbocycles. The molecule has 17 heteroatoms. The number of likely N-dealkylation sites (tertiary alicyclic amines) is 1. The Balaban J connectivity index is 0.682. The fraction of sp³-hybridized carbons (Fsp3) is 0.476. The molecule has 59 heavy (non-hydrogen) atoms. The van der Waals surface area contributed by atoms with E-state index in [-0.39, 0.29) is 47.7 Å². The van der Waals surface area contributed by atoms with Crippen LogP contribution in [0.2, 0.25) is 5.02 Å². The van der Waals surface area contributed by atoms with Crippen molar-refractivity contribution in [3.63, 3.8) is 0 Å². The minimum Gasteiger partial charge on any atom is -0.490 e. The topological polar surface area (TPSA) is 162 Å². The summed E-state index contributed by atoms with van der Waals surface area (Å²) in [5.74, 6) is -0.568. The molecule has 4 unspecified atom stereocenters. The monoisotopic (exact) mass is 821 g/mol. The molecule has 6 atom stereocenters. The van der Waals surface area contributed by atoms with E-state index in [1.165, 1.54) is 6.07 Å². The normalized spacial score (nSPS) is 29.7. The molecular formula is C42H41ClFN9O6. The zero-order valence-electron chi connectivity index (χ0n) is 32.0. The Bertz CT molecular complexity index is 2320. The molecule has 2 bridgehead atoms. The number of fused-ring (bicyclic) bond motifs is 4. The highest BCUT2D eigenvalue weighted by molar-refractivity contribution is 6.33. The minimum absolute atomic E-state index is 0.0122. The first-order valence-corrected chi connectivity index (χ1v) is 20.7. The number of anilines is 2. The first-order chi connectivity index (χ1) is 28.5. The molecule has 7 aliphatic rings. The molecular weight excluding hydrogens is 781 g/mol. The summed E-state index contributed by atoms with van der Waals surface area (Å²) in [6.07, 6.45) is 4.22. The number of ether oxygens (including phenoxy) is 1. The fourth-order valence-corrected chi connectivity index (χ4v) is 10.6. The summed E-state index contributed by atoms with van der Waals surface area (Å²) in [7, 11) is 0. The van der Waals surface area contributed by atoms with Crippen LogP contribution < -0.4 is 25.2 Å². The quantitative estimate of drug-likeness (QED) is 0.237. The highest BCUT2D eigenvalue weighted by Crippen LogP contribution is 2.54. The van der Waals surface area contributed by atoms with Crippen LogP contribution in [0.25, 0.3) is 4.85 Å². The first-order valence-electron chi connectivity index (χ1n) is 20.3. The smallest absolute Gasteiger partial charge is 0.272 e. The molecule has 3 aromatic rings. The zero-order valence-corrected chi connectivity index (χ0v) is 32.7. The van der Waals surface area contributed by atoms with Crippen LogP contribution >= 0.6 is 11.6 Å². The van der Waals surface area contributed by atoms with E-state index in [1.54, 1.807) is 24.3 Å². The second-order valence-corrected chi connectivity index (χ2v) is 17.3. The van der Waals surface area contributed by atoms with Gasteiger partial charge in [-0.15, -0.1) is 10.2 Å². The summed E-state index contributed by atoms with van der Waals surface area (Å²) in [5.41, 5.74) is 1.01. The summed E-state index contributed by atoms with van der Waals surface area (Å²) in [6, 6.07) is 10.9. The van der Waals surface area contributed by atoms with Crippen LogP contribution in [0, 0.1) is 30.1 Å². The highest BCUT2D eigenvalue weighted by atomic mass is 35.5. The Kier molecular flexibility index (Phi) is 9.28. The molecule has 15 nitrogen and oxygen atoms in total. The molecule has 2 N–H and O–H groups in total. The minimum atomic E-state index is -1.10. The molecule has 6 heterocycles. The van der Waals surface area contributed by atoms with Crippen LogP contribution in [0.5, 0.6) is 5.75 Å². The number of nitrogens with one attached hydrogen (secondary N) is 2. The maximum Gasteiger partial charge on any atom is 0.272 e. The molecule has 10 rings (SSSR count). The van der Waals surface area contributed by atoms with Gasteiger partial charge in [-0.3, -0.25) is 39.1 Å². The Morgan fingerprint density at radius 3 is 2.36 bits per heavy atom. The van der Waals surface area contributed by atoms with Crippen molar-refractivity contribution in [1.29, 1.82) is 0 Å². The predicted octanol–water partition coefficient (Wildman–Crippen LogP) is 3.99. The third kappa shape index (κ3) is 6.73. The van der Waals surface area contributed by atoms with Gasteiger partial charge >= 0.3 is 0 Å². The standard InChI is InChI=1S/C42H41ClFN9O6/c1-45-33-7-6-25(13-31(33)43)59-24-4-2-21(3-5-24)46-39(55)34-8-10-37(49-48-34)52-17-22-12-23(52)16-50(22)18-28-29-19-51(20-30(28)29)36-15-27-26(14-32(36)44)41(57)53(42(27)58)35-9-11-38(54)47-40(35)56/h6-8,10,13-15,21-24,28-30,35H,2-5,9,11-12,16-20H2,(H,46,55)(H,47,54,56)/t21?,22?,23?,24?,28?,29-,30+,35?. The predicted molar refractivity (Wildman–Crippen MR) is 211 cm³/mol. The Morgan fingerprint density at radius 1 is 0.932 bits per heavy atom. The van der Waals surface area contributed by atoms with Crippen molar-refractivity contribution in [3.05, 3.63) is 81.5 Å². The lowest BCUT2D eigenvalue weighted by molar-refractivity contribution is -0.136. The molecule has 1 aromatic heterocycles. The Hall–Kier alpha value is -5.66. The second kappa shape index (κ2) is 14.6. The van der Waals surface area contributed by atoms with Gasteiger partial charge in [0.05, 0.1) is 34.5 Å². The van der Waals surface area contributed by atoms with E-state index >= 15 is 4.39 Å². The number of hydrogen-bond donors (Lipinski definition) is 2. The molecule has 6 fully saturated rings. The van der Waals surface area contributed by atoms with Gasteiger partial charge in [-0.1, -0.05) is 17.7 Å². The largest absolute Gasteiger partial charge is 0.490 e. The second-order valence-electron chi connectivity index (χ2n) is 16.9. The van der Waals surface area contributed by atoms with E-state index in [4.69, 9.17) is 22.9 Å². The summed E-state index contributed by atoms with van der Waals surface area (Å²) in [6.45, 7) is 11.2. The maximum absolute atomic E-state index is 15.5. The van der Waals surface area contributed by atoms with Crippen LogP contribution in [0.3, 0.4) is 0 Å². The van der Waals surface area contributed by atoms with E-state index in [1.807, 2.05) is 11.0 Å². The highest BCUT2D eigenvalue weighted by Gasteiger charge is 2.58. The van der Waals surface area contributed by atoms with E-state index in [0.29, 0.717) is 65.1 Å². The Labute approximate surface area is 344 Å². The summed E-state index contributed by atoms with van der Waals surface area (Å²) in [4.78, 5) is 74.7. The molecule has 2 aliphatic carbocycles. The Morgan fingerprint density at radius 2 is 1.69 bits per heavy atom. The van der Waals surface area contributed by atoms with Gasteiger partial charge in [-0.05, 0) is 92.7 Å². The number of aromatic nitrogens is 2. The third-order valence-electron chi connectivity index (χ3n) is 13.5. The lowest BCUT2D eigenvalue weighted by Crippen LogP contribution is -2.54. The number of carbonyl (C=O) groups is 5. The summed E-state index contributed by atoms with van der Waals surface area (Å²) < 4.78 is 21.6. The van der Waals surface area contributed by atoms with Gasteiger partial charge in [-0.25, -0.2) is 9.24 Å². The lowest BCUT2D eigenvalue weighted by Gasteiger charge is -2.35. The van der Waals surface area contributed by atoms with Crippen molar-refractivity contribution in [2.24, 2.45) is 17.8 Å². The van der Waals surface area contributed by atoms with Crippen LogP contribution in [0.4, 0.5) is 21.6 Å². The number of hydrogen-bond acceptors (Lipinski definition) is 11. The van der Waals surface area contributed by atoms with Gasteiger partial charge in [0.2, 0.25) is 17.5 Å². The number of imide groups is 2. The number of nitrogens with zero attached hydrogens (tertiary/aromatic N) is 7. The van der Waals surface area contributed by atoms with Gasteiger partial charge in [-0.2, -0.15) is 0 Å². The molecule has 304 valence electrons. The van der Waals surface area contributed by atoms with Gasteiger partial charge < -0.3 is 19.9 Å². The van der Waals surface area contributed by atoms with E-state index in [9.17, 15) is 24.0 Å². The lowest BCUT2D eigenvalue weighted by atomic mass is 9.93. The van der Waals surface area contributed by atoms with Gasteiger partial charge in [0, 0.05) is 57.3 Å². The first kappa shape index (κ1) is 37.6. The van der Waals surface area contributed by atoms with Crippen molar-refractivity contribution >= 4 is 58.3 Å². The number of piperidine rings is 2. The average Bonchev–Trinajstić information content (AvgIpc) is 3.70. The van der Waals surface area contributed by atoms with Crippen LogP contribution in [0.15, 0.2) is 42.5 Å². The van der Waals surface area contributed by atoms with E-state index < -0.39 is 35.5 Å². The number of amides is 5. The van der Waals surface area contributed by atoms with Crippen LogP contribution in [-0.2, 0) is 9.59 Å². The number of piperazine rings is 1. The van der Waals surface area contributed by atoms with Crippen molar-refractivity contribution in [3.8, 4) is 5.75 Å². The third-order valence-corrected chi connectivity index (χ3v) is 13.9. The van der Waals surface area contributed by atoms with Crippen molar-refractivity contribution in [1.82, 2.24) is 30.6 Å². The molecule has 5 amide bonds. The zero-order chi connectivity index (χ0) is 40.7. The number of halogens is 2. The maximum atomic E-state index is 15.5. The van der Waals surface area contributed by atoms with Crippen LogP contribution in [0.1, 0.15) is 76.2 Å². The number of benzene rings is 2. The van der Waals surface area contributed by atoms with Crippen molar-refractivity contribution in [2.45, 2.75) is 75.2 Å². The number of rotatable bonds is 9. The average molecular weight is 822 g/mol. The van der Waals surface area contributed by atoms with E-state index in [2.05, 4.69) is 35.5 Å². The van der Waals surface area contributed by atoms with E-state index in [0.717, 1.165) is 68.5 Å². The van der Waals surface area contributed by atoms with Crippen molar-refractivity contribution in [2.75, 3.05) is 42.5 Å². The SMILES string of the molecule is [C-]#[N+]c1ccc(OC2CCC(NC(=O)c3ccc(N4CC5CC4CN5CC4[C@H]5CN(c6cc7c(cc6F)C(=O)N(C6CCC(=O)NC6=O)C7=O)C[C@@H]45)nn3)CC2)cc1Cl. The van der Waals surface area contributed by atoms with Gasteiger partial charge in [0.15, 0.2) is 11.5 Å². The molecule has 0 spiro atoms. The summed E-state index contributed by atoms with van der Waals surface area (Å²) in [5, 5.41) is 14.4. The molecule has 4 saturated heterocycles. The van der Waals surface area contributed by atoms with Gasteiger partial charge in [0.25, 0.3) is 17.7 Å².